The fraction of sp³-hybridized carbons (Fsp3) is 0.500. The number of carbonyl (C=O) groups excluding carboxylic acids is 2. The summed E-state index contributed by atoms with van der Waals surface area (Å²) in [4.78, 5) is 26.4. The molecule has 0 bridgehead atoms. The number of fused-ring (bicyclic) bond motifs is 1. The molecule has 1 aromatic rings. The van der Waals surface area contributed by atoms with Gasteiger partial charge in [-0.25, -0.2) is 0 Å². The molecule has 0 radical (unpaired) electrons. The second kappa shape index (κ2) is 6.53. The van der Waals surface area contributed by atoms with Crippen LogP contribution < -0.4 is 0 Å². The van der Waals surface area contributed by atoms with Crippen molar-refractivity contribution in [1.29, 1.82) is 0 Å². The van der Waals surface area contributed by atoms with Crippen LogP contribution in [0.1, 0.15) is 66.7 Å². The molecule has 1 heterocycles. The summed E-state index contributed by atoms with van der Waals surface area (Å²) in [6, 6.07) is 5.31. The van der Waals surface area contributed by atoms with E-state index in [4.69, 9.17) is 0 Å². The Hall–Kier alpha value is -1.16. The van der Waals surface area contributed by atoms with Crippen molar-refractivity contribution in [2.75, 3.05) is 0 Å². The number of unbranched alkanes of at least 4 members (excludes halogenated alkanes) is 2. The van der Waals surface area contributed by atoms with Crippen LogP contribution in [0.2, 0.25) is 0 Å². The first kappa shape index (κ1) is 15.2. The average molecular weight is 338 g/mol. The maximum absolute atomic E-state index is 12.5. The standard InChI is InChI=1S/C16H20BrNO2/c1-3-5-6-7-12(4-2)18-15(19)13-9-8-11(17)10-14(13)16(18)20/h8-10,12H,3-7H2,1-2H3. The van der Waals surface area contributed by atoms with Gasteiger partial charge in [0, 0.05) is 10.5 Å². The minimum atomic E-state index is -0.144. The monoisotopic (exact) mass is 337 g/mol. The van der Waals surface area contributed by atoms with Gasteiger partial charge in [-0.1, -0.05) is 49.0 Å². The molecule has 1 unspecified atom stereocenters. The minimum absolute atomic E-state index is 0.0210. The number of benzene rings is 1. The summed E-state index contributed by atoms with van der Waals surface area (Å²) in [5.41, 5.74) is 1.06. The summed E-state index contributed by atoms with van der Waals surface area (Å²) in [5.74, 6) is -0.282. The van der Waals surface area contributed by atoms with E-state index in [1.54, 1.807) is 12.1 Å². The van der Waals surface area contributed by atoms with Crippen molar-refractivity contribution in [2.45, 2.75) is 52.0 Å². The van der Waals surface area contributed by atoms with Gasteiger partial charge in [0.25, 0.3) is 11.8 Å². The molecule has 1 aromatic carbocycles. The first-order valence-electron chi connectivity index (χ1n) is 7.27. The predicted octanol–water partition coefficient (Wildman–Crippen LogP) is 4.40. The lowest BCUT2D eigenvalue weighted by Crippen LogP contribution is -2.39. The van der Waals surface area contributed by atoms with Crippen molar-refractivity contribution >= 4 is 27.7 Å². The molecule has 1 aliphatic rings. The van der Waals surface area contributed by atoms with Crippen LogP contribution >= 0.6 is 15.9 Å². The summed E-state index contributed by atoms with van der Waals surface area (Å²) in [6.07, 6.45) is 5.07. The van der Waals surface area contributed by atoms with E-state index in [-0.39, 0.29) is 17.9 Å². The Kier molecular flexibility index (Phi) is 4.97. The highest BCUT2D eigenvalue weighted by Crippen LogP contribution is 2.29. The highest BCUT2D eigenvalue weighted by Gasteiger charge is 2.39. The topological polar surface area (TPSA) is 37.4 Å². The van der Waals surface area contributed by atoms with Gasteiger partial charge in [0.2, 0.25) is 0 Å². The van der Waals surface area contributed by atoms with Crippen molar-refractivity contribution in [3.63, 3.8) is 0 Å². The van der Waals surface area contributed by atoms with Crippen molar-refractivity contribution in [3.05, 3.63) is 33.8 Å². The van der Waals surface area contributed by atoms with Crippen LogP contribution in [0.5, 0.6) is 0 Å². The number of rotatable bonds is 6. The summed E-state index contributed by atoms with van der Waals surface area (Å²) in [5, 5.41) is 0. The van der Waals surface area contributed by atoms with Crippen LogP contribution in [-0.2, 0) is 0 Å². The molecule has 0 saturated carbocycles. The first-order chi connectivity index (χ1) is 9.60. The maximum Gasteiger partial charge on any atom is 0.261 e. The second-order valence-corrected chi connectivity index (χ2v) is 6.14. The smallest absolute Gasteiger partial charge is 0.261 e. The number of amides is 2. The van der Waals surface area contributed by atoms with Gasteiger partial charge in [-0.05, 0) is 31.0 Å². The van der Waals surface area contributed by atoms with E-state index in [2.05, 4.69) is 22.9 Å². The van der Waals surface area contributed by atoms with Gasteiger partial charge in [0.1, 0.15) is 0 Å². The molecule has 0 aromatic heterocycles. The quantitative estimate of drug-likeness (QED) is 0.569. The van der Waals surface area contributed by atoms with Crippen LogP contribution in [0.4, 0.5) is 0 Å². The van der Waals surface area contributed by atoms with Gasteiger partial charge in [-0.15, -0.1) is 0 Å². The fourth-order valence-corrected chi connectivity index (χ4v) is 3.07. The molecule has 0 aliphatic carbocycles. The summed E-state index contributed by atoms with van der Waals surface area (Å²) >= 11 is 3.36. The van der Waals surface area contributed by atoms with Crippen molar-refractivity contribution in [1.82, 2.24) is 4.90 Å². The molecule has 0 fully saturated rings. The summed E-state index contributed by atoms with van der Waals surface area (Å²) in [7, 11) is 0. The number of halogens is 1. The lowest BCUT2D eigenvalue weighted by molar-refractivity contribution is 0.0569. The van der Waals surface area contributed by atoms with Gasteiger partial charge in [-0.2, -0.15) is 0 Å². The minimum Gasteiger partial charge on any atom is -0.271 e. The Morgan fingerprint density at radius 1 is 1.10 bits per heavy atom. The number of nitrogens with zero attached hydrogens (tertiary/aromatic N) is 1. The lowest BCUT2D eigenvalue weighted by atomic mass is 10.0. The van der Waals surface area contributed by atoms with Crippen LogP contribution in [-0.4, -0.2) is 22.8 Å². The van der Waals surface area contributed by atoms with Gasteiger partial charge in [0.05, 0.1) is 11.1 Å². The third-order valence-electron chi connectivity index (χ3n) is 3.86. The molecule has 0 spiro atoms. The van der Waals surface area contributed by atoms with Crippen LogP contribution in [0.15, 0.2) is 22.7 Å². The number of imide groups is 1. The van der Waals surface area contributed by atoms with Crippen LogP contribution in [0, 0.1) is 0 Å². The van der Waals surface area contributed by atoms with Crippen molar-refractivity contribution in [2.24, 2.45) is 0 Å². The zero-order valence-electron chi connectivity index (χ0n) is 12.0. The van der Waals surface area contributed by atoms with E-state index in [9.17, 15) is 9.59 Å². The molecule has 4 heteroatoms. The van der Waals surface area contributed by atoms with Crippen LogP contribution in [0.3, 0.4) is 0 Å². The zero-order valence-corrected chi connectivity index (χ0v) is 13.6. The molecule has 2 rings (SSSR count). The molecule has 2 amide bonds. The molecular weight excluding hydrogens is 318 g/mol. The van der Waals surface area contributed by atoms with E-state index >= 15 is 0 Å². The molecule has 1 aliphatic heterocycles. The second-order valence-electron chi connectivity index (χ2n) is 5.23. The third kappa shape index (κ3) is 2.80. The normalized spacial score (nSPS) is 15.7. The van der Waals surface area contributed by atoms with E-state index < -0.39 is 0 Å². The SMILES string of the molecule is CCCCCC(CC)N1C(=O)c2ccc(Br)cc2C1=O. The lowest BCUT2D eigenvalue weighted by Gasteiger charge is -2.25. The molecule has 108 valence electrons. The largest absolute Gasteiger partial charge is 0.271 e. The molecule has 1 atom stereocenters. The van der Waals surface area contributed by atoms with Gasteiger partial charge >= 0.3 is 0 Å². The van der Waals surface area contributed by atoms with E-state index in [0.717, 1.165) is 36.6 Å². The van der Waals surface area contributed by atoms with Gasteiger partial charge in [-0.3, -0.25) is 14.5 Å². The molecule has 0 saturated heterocycles. The Morgan fingerprint density at radius 2 is 1.80 bits per heavy atom. The highest BCUT2D eigenvalue weighted by molar-refractivity contribution is 9.10. The zero-order chi connectivity index (χ0) is 14.7. The van der Waals surface area contributed by atoms with E-state index in [1.165, 1.54) is 4.90 Å². The maximum atomic E-state index is 12.5. The molecule has 0 N–H and O–H groups in total. The van der Waals surface area contributed by atoms with Crippen LogP contribution in [0.25, 0.3) is 0 Å². The summed E-state index contributed by atoms with van der Waals surface area (Å²) < 4.78 is 0.832. The fourth-order valence-electron chi connectivity index (χ4n) is 2.71. The van der Waals surface area contributed by atoms with Crippen molar-refractivity contribution < 1.29 is 9.59 Å². The van der Waals surface area contributed by atoms with E-state index in [1.807, 2.05) is 13.0 Å². The molecular formula is C16H20BrNO2. The Bertz CT molecular complexity index is 527. The third-order valence-corrected chi connectivity index (χ3v) is 4.35. The average Bonchev–Trinajstić information content (AvgIpc) is 2.68. The number of hydrogen-bond acceptors (Lipinski definition) is 2. The van der Waals surface area contributed by atoms with Gasteiger partial charge in [0.15, 0.2) is 0 Å². The summed E-state index contributed by atoms with van der Waals surface area (Å²) in [6.45, 7) is 4.19. The number of carbonyl (C=O) groups is 2. The predicted molar refractivity (Wildman–Crippen MR) is 82.9 cm³/mol. The van der Waals surface area contributed by atoms with E-state index in [0.29, 0.717) is 11.1 Å². The Morgan fingerprint density at radius 3 is 2.45 bits per heavy atom. The first-order valence-corrected chi connectivity index (χ1v) is 8.06. The Labute approximate surface area is 128 Å². The number of hydrogen-bond donors (Lipinski definition) is 0. The molecule has 20 heavy (non-hydrogen) atoms. The van der Waals surface area contributed by atoms with Crippen molar-refractivity contribution in [3.8, 4) is 0 Å². The Balaban J connectivity index is 2.22. The molecule has 3 nitrogen and oxygen atoms in total. The van der Waals surface area contributed by atoms with Gasteiger partial charge < -0.3 is 0 Å². The highest BCUT2D eigenvalue weighted by atomic mass is 79.9.